The summed E-state index contributed by atoms with van der Waals surface area (Å²) in [6.45, 7) is 3.48. The summed E-state index contributed by atoms with van der Waals surface area (Å²) in [5.74, 6) is -0.395. The third-order valence-electron chi connectivity index (χ3n) is 4.78. The van der Waals surface area contributed by atoms with Crippen LogP contribution < -0.4 is 5.32 Å². The first kappa shape index (κ1) is 20.8. The molecule has 1 amide bonds. The molecule has 29 heavy (non-hydrogen) atoms. The monoisotopic (exact) mass is 451 g/mol. The summed E-state index contributed by atoms with van der Waals surface area (Å²) in [5, 5.41) is 13.2. The number of ether oxygens (including phenoxy) is 1. The maximum Gasteiger partial charge on any atom is 0.262 e. The van der Waals surface area contributed by atoms with Crippen LogP contribution in [0.2, 0.25) is 0 Å². The van der Waals surface area contributed by atoms with Crippen molar-refractivity contribution in [2.75, 3.05) is 20.3 Å². The van der Waals surface area contributed by atoms with Crippen molar-refractivity contribution in [2.45, 2.75) is 13.5 Å². The number of fused-ring (bicyclic) bond motifs is 1. The van der Waals surface area contributed by atoms with Gasteiger partial charge in [0.2, 0.25) is 0 Å². The van der Waals surface area contributed by atoms with Gasteiger partial charge in [0.1, 0.15) is 11.6 Å². The fraction of sp³-hybridized carbons (Fsp3) is 0.217. The Morgan fingerprint density at radius 1 is 1.24 bits per heavy atom. The van der Waals surface area contributed by atoms with Crippen molar-refractivity contribution in [3.05, 3.63) is 75.4 Å². The molecule has 2 aromatic carbocycles. The van der Waals surface area contributed by atoms with E-state index in [0.717, 1.165) is 26.6 Å². The summed E-state index contributed by atoms with van der Waals surface area (Å²) in [4.78, 5) is 12.4. The second-order valence-electron chi connectivity index (χ2n) is 6.65. The van der Waals surface area contributed by atoms with Gasteiger partial charge in [-0.05, 0) is 36.8 Å². The Hall–Kier alpha value is -2.88. The minimum Gasteiger partial charge on any atom is -0.383 e. The van der Waals surface area contributed by atoms with Gasteiger partial charge in [0.25, 0.3) is 5.91 Å². The summed E-state index contributed by atoms with van der Waals surface area (Å²) in [6.07, 6.45) is 1.68. The Bertz CT molecular complexity index is 1090. The van der Waals surface area contributed by atoms with Gasteiger partial charge in [0.15, 0.2) is 0 Å². The number of benzene rings is 2. The highest BCUT2D eigenvalue weighted by Crippen LogP contribution is 2.29. The van der Waals surface area contributed by atoms with Crippen LogP contribution in [-0.4, -0.2) is 30.7 Å². The number of aromatic nitrogens is 1. The normalized spacial score (nSPS) is 11.4. The number of para-hydroxylation sites is 1. The molecule has 0 saturated carbocycles. The fourth-order valence-corrected chi connectivity index (χ4v) is 3.54. The van der Waals surface area contributed by atoms with Crippen LogP contribution in [0.4, 0.5) is 0 Å². The zero-order valence-corrected chi connectivity index (χ0v) is 18.0. The van der Waals surface area contributed by atoms with Crippen LogP contribution in [0.25, 0.3) is 17.0 Å². The van der Waals surface area contributed by atoms with E-state index >= 15 is 0 Å². The van der Waals surface area contributed by atoms with Gasteiger partial charge in [-0.2, -0.15) is 5.26 Å². The van der Waals surface area contributed by atoms with Gasteiger partial charge in [0, 0.05) is 46.8 Å². The molecule has 1 heterocycles. The molecule has 0 aliphatic carbocycles. The second-order valence-corrected chi connectivity index (χ2v) is 7.56. The lowest BCUT2D eigenvalue weighted by Gasteiger charge is -2.09. The zero-order chi connectivity index (χ0) is 20.8. The summed E-state index contributed by atoms with van der Waals surface area (Å²) in [5.41, 5.74) is 4.21. The molecule has 1 aromatic heterocycles. The molecule has 1 N–H and O–H groups in total. The average Bonchev–Trinajstić information content (AvgIpc) is 2.99. The molecule has 3 rings (SSSR count). The molecular formula is C23H22BrN3O2. The molecule has 0 saturated heterocycles. The number of nitrogens with one attached hydrogen (secondary N) is 1. The molecule has 0 bridgehead atoms. The van der Waals surface area contributed by atoms with Crippen LogP contribution in [0.3, 0.4) is 0 Å². The number of amides is 1. The lowest BCUT2D eigenvalue weighted by atomic mass is 10.1. The van der Waals surface area contributed by atoms with Crippen LogP contribution in [-0.2, 0) is 16.1 Å². The van der Waals surface area contributed by atoms with Crippen molar-refractivity contribution in [3.63, 3.8) is 0 Å². The molecule has 0 radical (unpaired) electrons. The van der Waals surface area contributed by atoms with Crippen molar-refractivity contribution in [1.29, 1.82) is 5.26 Å². The molecule has 0 aliphatic heterocycles. The molecule has 0 spiro atoms. The third-order valence-corrected chi connectivity index (χ3v) is 5.31. The average molecular weight is 452 g/mol. The highest BCUT2D eigenvalue weighted by Gasteiger charge is 2.16. The molecule has 6 heteroatoms. The molecule has 148 valence electrons. The Labute approximate surface area is 178 Å². The number of halogens is 1. The molecule has 3 aromatic rings. The van der Waals surface area contributed by atoms with E-state index in [-0.39, 0.29) is 5.57 Å². The van der Waals surface area contributed by atoms with Crippen molar-refractivity contribution >= 4 is 38.8 Å². The van der Waals surface area contributed by atoms with Gasteiger partial charge >= 0.3 is 0 Å². The van der Waals surface area contributed by atoms with E-state index in [1.807, 2.05) is 43.3 Å². The number of carbonyl (C=O) groups excluding carboxylic acids is 1. The first-order valence-electron chi connectivity index (χ1n) is 9.26. The molecule has 5 nitrogen and oxygen atoms in total. The Morgan fingerprint density at radius 2 is 1.97 bits per heavy atom. The van der Waals surface area contributed by atoms with E-state index in [2.05, 4.69) is 44.0 Å². The van der Waals surface area contributed by atoms with Crippen LogP contribution in [0.1, 0.15) is 16.8 Å². The minimum atomic E-state index is -0.395. The topological polar surface area (TPSA) is 67.0 Å². The largest absolute Gasteiger partial charge is 0.383 e. The number of carbonyl (C=O) groups is 1. The second kappa shape index (κ2) is 9.55. The number of methoxy groups -OCH3 is 1. The van der Waals surface area contributed by atoms with Crippen LogP contribution >= 0.6 is 15.9 Å². The highest BCUT2D eigenvalue weighted by atomic mass is 79.9. The Morgan fingerprint density at radius 3 is 2.66 bits per heavy atom. The van der Waals surface area contributed by atoms with Crippen LogP contribution in [0.5, 0.6) is 0 Å². The van der Waals surface area contributed by atoms with E-state index in [9.17, 15) is 10.1 Å². The first-order valence-corrected chi connectivity index (χ1v) is 10.1. The predicted octanol–water partition coefficient (Wildman–Crippen LogP) is 4.43. The van der Waals surface area contributed by atoms with Crippen molar-refractivity contribution in [3.8, 4) is 6.07 Å². The number of hydrogen-bond donors (Lipinski definition) is 1. The minimum absolute atomic E-state index is 0.0794. The van der Waals surface area contributed by atoms with Crippen LogP contribution in [0, 0.1) is 18.3 Å². The first-order chi connectivity index (χ1) is 14.0. The van der Waals surface area contributed by atoms with Gasteiger partial charge in [-0.25, -0.2) is 0 Å². The summed E-state index contributed by atoms with van der Waals surface area (Å²) in [7, 11) is 1.57. The van der Waals surface area contributed by atoms with Gasteiger partial charge in [0.05, 0.1) is 6.61 Å². The van der Waals surface area contributed by atoms with E-state index < -0.39 is 5.91 Å². The smallest absolute Gasteiger partial charge is 0.262 e. The molecule has 0 unspecified atom stereocenters. The van der Waals surface area contributed by atoms with E-state index in [0.29, 0.717) is 19.7 Å². The van der Waals surface area contributed by atoms with Crippen molar-refractivity contribution in [1.82, 2.24) is 9.88 Å². The Kier molecular flexibility index (Phi) is 6.86. The Balaban J connectivity index is 2.02. The van der Waals surface area contributed by atoms with Gasteiger partial charge in [-0.1, -0.05) is 46.3 Å². The molecule has 0 atom stereocenters. The fourth-order valence-electron chi connectivity index (χ4n) is 3.27. The number of nitrogens with zero attached hydrogens (tertiary/aromatic N) is 2. The number of rotatable bonds is 7. The summed E-state index contributed by atoms with van der Waals surface area (Å²) < 4.78 is 8.19. The van der Waals surface area contributed by atoms with Crippen molar-refractivity contribution in [2.24, 2.45) is 0 Å². The van der Waals surface area contributed by atoms with Gasteiger partial charge in [-0.15, -0.1) is 0 Å². The van der Waals surface area contributed by atoms with E-state index in [1.54, 1.807) is 13.2 Å². The van der Waals surface area contributed by atoms with E-state index in [4.69, 9.17) is 4.74 Å². The maximum absolute atomic E-state index is 12.4. The predicted molar refractivity (Wildman–Crippen MR) is 118 cm³/mol. The van der Waals surface area contributed by atoms with E-state index in [1.165, 1.54) is 5.56 Å². The maximum atomic E-state index is 12.4. The summed E-state index contributed by atoms with van der Waals surface area (Å²) >= 11 is 3.47. The summed E-state index contributed by atoms with van der Waals surface area (Å²) in [6, 6.07) is 18.3. The SMILES string of the molecule is COCCNC(=O)/C(C#N)=C/c1c(C)n(Cc2ccc(Br)cc2)c2ccccc12. The lowest BCUT2D eigenvalue weighted by Crippen LogP contribution is -2.27. The van der Waals surface area contributed by atoms with Gasteiger partial charge < -0.3 is 14.6 Å². The molecular weight excluding hydrogens is 430 g/mol. The number of hydrogen-bond acceptors (Lipinski definition) is 3. The molecule has 0 fully saturated rings. The molecule has 0 aliphatic rings. The lowest BCUT2D eigenvalue weighted by molar-refractivity contribution is -0.117. The standard InChI is InChI=1S/C23H22BrN3O2/c1-16-21(13-18(14-25)23(28)26-11-12-29-2)20-5-3-4-6-22(20)27(16)15-17-7-9-19(24)10-8-17/h3-10,13H,11-12,15H2,1-2H3,(H,26,28)/b18-13+. The quantitative estimate of drug-likeness (QED) is 0.328. The zero-order valence-electron chi connectivity index (χ0n) is 16.4. The number of nitriles is 1. The van der Waals surface area contributed by atoms with Crippen molar-refractivity contribution < 1.29 is 9.53 Å². The third kappa shape index (κ3) is 4.76. The van der Waals surface area contributed by atoms with Gasteiger partial charge in [-0.3, -0.25) is 4.79 Å². The van der Waals surface area contributed by atoms with Crippen LogP contribution in [0.15, 0.2) is 58.6 Å². The highest BCUT2D eigenvalue weighted by molar-refractivity contribution is 9.10.